The first-order chi connectivity index (χ1) is 24.1. The molecule has 13 heteroatoms. The Morgan fingerprint density at radius 2 is 1.67 bits per heavy atom. The minimum atomic E-state index is -0.926. The number of carbonyl (C=O) groups excluding carboxylic acids is 4. The molecule has 0 saturated heterocycles. The molecule has 1 aromatic heterocycles. The number of primary amides is 1. The molecule has 0 spiro atoms. The van der Waals surface area contributed by atoms with Gasteiger partial charge in [0.2, 0.25) is 11.8 Å². The molecular weight excluding hydrogens is 671 g/mol. The number of aromatic nitrogens is 1. The lowest BCUT2D eigenvalue weighted by atomic mass is 9.95. The summed E-state index contributed by atoms with van der Waals surface area (Å²) < 4.78 is 5.78. The molecule has 0 fully saturated rings. The topological polar surface area (TPSA) is 181 Å². The molecule has 0 aliphatic rings. The van der Waals surface area contributed by atoms with E-state index in [1.54, 1.807) is 31.2 Å². The molecule has 0 bridgehead atoms. The predicted octanol–water partition coefficient (Wildman–Crippen LogP) is 5.76. The van der Waals surface area contributed by atoms with E-state index in [0.29, 0.717) is 30.7 Å². The van der Waals surface area contributed by atoms with Gasteiger partial charge in [-0.1, -0.05) is 78.3 Å². The quantitative estimate of drug-likeness (QED) is 0.0865. The van der Waals surface area contributed by atoms with Gasteiger partial charge in [0.25, 0.3) is 5.91 Å². The van der Waals surface area contributed by atoms with E-state index in [1.807, 2.05) is 65.1 Å². The van der Waals surface area contributed by atoms with Crippen LogP contribution in [-0.4, -0.2) is 77.4 Å². The standard InChI is InChI=1S/C31H45N3O6S.C7H16N2O/c1-8-28(36)40-26(17-25(20(4)5)34(7)27(35)14-19(2)3)30-33-24(18-41-30)29(37)32-23(15-21(6)31(38)39)16-22-12-10-9-11-13-22;1-9-6-4-2-3-5-7(8)10/h9-13,18-21,23,25-26H,8,14-17H2,1-7H3,(H,32,37)(H,38,39);9H,2-6H2,1H3,(H2,8,10). The van der Waals surface area contributed by atoms with E-state index in [9.17, 15) is 29.1 Å². The highest BCUT2D eigenvalue weighted by molar-refractivity contribution is 7.09. The third-order valence-corrected chi connectivity index (χ3v) is 9.30. The second kappa shape index (κ2) is 24.4. The molecule has 3 amide bonds. The van der Waals surface area contributed by atoms with Crippen LogP contribution < -0.4 is 16.4 Å². The number of hydrogen-bond donors (Lipinski definition) is 4. The van der Waals surface area contributed by atoms with Gasteiger partial charge in [-0.05, 0) is 56.7 Å². The van der Waals surface area contributed by atoms with Gasteiger partial charge < -0.3 is 31.1 Å². The van der Waals surface area contributed by atoms with Gasteiger partial charge in [-0.25, -0.2) is 4.98 Å². The smallest absolute Gasteiger partial charge is 0.306 e. The molecule has 0 aliphatic heterocycles. The maximum atomic E-state index is 13.3. The maximum absolute atomic E-state index is 13.3. The van der Waals surface area contributed by atoms with E-state index in [2.05, 4.69) is 15.6 Å². The van der Waals surface area contributed by atoms with E-state index in [-0.39, 0.29) is 54.2 Å². The van der Waals surface area contributed by atoms with Crippen molar-refractivity contribution >= 4 is 41.0 Å². The molecule has 51 heavy (non-hydrogen) atoms. The normalized spacial score (nSPS) is 13.4. The molecule has 2 aromatic rings. The van der Waals surface area contributed by atoms with Crippen molar-refractivity contribution in [3.8, 4) is 0 Å². The van der Waals surface area contributed by atoms with Gasteiger partial charge in [0.05, 0.1) is 5.92 Å². The molecule has 12 nitrogen and oxygen atoms in total. The molecular formula is C38H61N5O7S. The Morgan fingerprint density at radius 1 is 1.00 bits per heavy atom. The van der Waals surface area contributed by atoms with Gasteiger partial charge in [0.1, 0.15) is 10.7 Å². The zero-order valence-corrected chi connectivity index (χ0v) is 32.6. The highest BCUT2D eigenvalue weighted by atomic mass is 32.1. The number of amides is 3. The number of unbranched alkanes of at least 4 members (excludes halogenated alkanes) is 2. The van der Waals surface area contributed by atoms with Crippen molar-refractivity contribution in [2.45, 2.75) is 118 Å². The molecule has 0 aliphatic carbocycles. The van der Waals surface area contributed by atoms with Crippen LogP contribution in [-0.2, 0) is 30.3 Å². The van der Waals surface area contributed by atoms with Crippen molar-refractivity contribution in [2.24, 2.45) is 23.5 Å². The van der Waals surface area contributed by atoms with Gasteiger partial charge in [-0.3, -0.25) is 24.0 Å². The number of ether oxygens (including phenoxy) is 1. The molecule has 1 heterocycles. The van der Waals surface area contributed by atoms with Crippen LogP contribution in [0.25, 0.3) is 0 Å². The van der Waals surface area contributed by atoms with Crippen molar-refractivity contribution in [3.05, 3.63) is 52.0 Å². The molecule has 4 unspecified atom stereocenters. The summed E-state index contributed by atoms with van der Waals surface area (Å²) in [5, 5.41) is 17.5. The Kier molecular flexibility index (Phi) is 21.6. The number of carbonyl (C=O) groups is 5. The number of carboxylic acid groups (broad SMARTS) is 1. The van der Waals surface area contributed by atoms with Crippen LogP contribution in [0, 0.1) is 17.8 Å². The minimum absolute atomic E-state index is 0.0264. The van der Waals surface area contributed by atoms with Crippen LogP contribution in [0.4, 0.5) is 0 Å². The van der Waals surface area contributed by atoms with Crippen LogP contribution in [0.5, 0.6) is 0 Å². The number of rotatable bonds is 22. The second-order valence-electron chi connectivity index (χ2n) is 13.8. The summed E-state index contributed by atoms with van der Waals surface area (Å²) in [6.07, 6.45) is 4.65. The van der Waals surface area contributed by atoms with Crippen LogP contribution in [0.3, 0.4) is 0 Å². The third kappa shape index (κ3) is 18.3. The number of esters is 1. The average molecular weight is 732 g/mol. The lowest BCUT2D eigenvalue weighted by Gasteiger charge is -2.34. The Labute approximate surface area is 308 Å². The first kappa shape index (κ1) is 45.2. The number of nitrogens with zero attached hydrogens (tertiary/aromatic N) is 2. The maximum Gasteiger partial charge on any atom is 0.306 e. The largest absolute Gasteiger partial charge is 0.481 e. The van der Waals surface area contributed by atoms with Gasteiger partial charge >= 0.3 is 11.9 Å². The molecule has 4 atom stereocenters. The zero-order valence-electron chi connectivity index (χ0n) is 31.8. The monoisotopic (exact) mass is 731 g/mol. The van der Waals surface area contributed by atoms with E-state index in [4.69, 9.17) is 10.5 Å². The van der Waals surface area contributed by atoms with Crippen molar-refractivity contribution in [2.75, 3.05) is 20.6 Å². The van der Waals surface area contributed by atoms with E-state index in [0.717, 1.165) is 31.4 Å². The average Bonchev–Trinajstić information content (AvgIpc) is 3.57. The number of nitrogens with one attached hydrogen (secondary N) is 2. The van der Waals surface area contributed by atoms with E-state index in [1.165, 1.54) is 11.3 Å². The van der Waals surface area contributed by atoms with Crippen LogP contribution in [0.2, 0.25) is 0 Å². The van der Waals surface area contributed by atoms with Crippen molar-refractivity contribution in [3.63, 3.8) is 0 Å². The highest BCUT2D eigenvalue weighted by Gasteiger charge is 2.31. The fourth-order valence-corrected chi connectivity index (χ4v) is 6.25. The molecule has 0 saturated carbocycles. The lowest BCUT2D eigenvalue weighted by molar-refractivity contribution is -0.151. The number of nitrogens with two attached hydrogens (primary N) is 1. The number of thiazole rings is 1. The Hall–Kier alpha value is -3.84. The number of aliphatic carboxylic acids is 1. The Bertz CT molecular complexity index is 1350. The van der Waals surface area contributed by atoms with Crippen molar-refractivity contribution < 1.29 is 33.8 Å². The van der Waals surface area contributed by atoms with Crippen LogP contribution >= 0.6 is 11.3 Å². The highest BCUT2D eigenvalue weighted by Crippen LogP contribution is 2.31. The second-order valence-corrected chi connectivity index (χ2v) is 14.7. The number of carboxylic acids is 1. The van der Waals surface area contributed by atoms with Crippen LogP contribution in [0.1, 0.15) is 120 Å². The van der Waals surface area contributed by atoms with Crippen molar-refractivity contribution in [1.82, 2.24) is 20.5 Å². The predicted molar refractivity (Wildman–Crippen MR) is 201 cm³/mol. The van der Waals surface area contributed by atoms with Crippen LogP contribution in [0.15, 0.2) is 35.7 Å². The summed E-state index contributed by atoms with van der Waals surface area (Å²) >= 11 is 1.23. The first-order valence-electron chi connectivity index (χ1n) is 18.0. The SMILES string of the molecule is CCC(=O)OC(CC(C(C)C)N(C)C(=O)CC(C)C)c1nc(C(=O)NC(Cc2ccccc2)CC(C)C(=O)O)cs1.CNCCCCCC(N)=O. The van der Waals surface area contributed by atoms with Gasteiger partial charge in [0, 0.05) is 50.2 Å². The summed E-state index contributed by atoms with van der Waals surface area (Å²) in [5.74, 6) is -2.23. The Balaban J connectivity index is 0.00000113. The summed E-state index contributed by atoms with van der Waals surface area (Å²) in [6.45, 7) is 12.4. The summed E-state index contributed by atoms with van der Waals surface area (Å²) in [7, 11) is 3.70. The lowest BCUT2D eigenvalue weighted by Crippen LogP contribution is -2.42. The summed E-state index contributed by atoms with van der Waals surface area (Å²) in [4.78, 5) is 66.5. The van der Waals surface area contributed by atoms with Gasteiger partial charge in [-0.2, -0.15) is 0 Å². The van der Waals surface area contributed by atoms with Crippen molar-refractivity contribution in [1.29, 1.82) is 0 Å². The summed E-state index contributed by atoms with van der Waals surface area (Å²) in [6, 6.07) is 8.95. The fourth-order valence-electron chi connectivity index (χ4n) is 5.41. The number of benzene rings is 1. The first-order valence-corrected chi connectivity index (χ1v) is 18.9. The summed E-state index contributed by atoms with van der Waals surface area (Å²) in [5.41, 5.74) is 6.11. The molecule has 1 aromatic carbocycles. The fraction of sp³-hybridized carbons (Fsp3) is 0.632. The van der Waals surface area contributed by atoms with Gasteiger partial charge in [-0.15, -0.1) is 11.3 Å². The van der Waals surface area contributed by atoms with Gasteiger partial charge in [0.15, 0.2) is 6.10 Å². The molecule has 0 radical (unpaired) electrons. The molecule has 5 N–H and O–H groups in total. The minimum Gasteiger partial charge on any atom is -0.481 e. The molecule has 2 rings (SSSR count). The van der Waals surface area contributed by atoms with E-state index < -0.39 is 29.9 Å². The third-order valence-electron chi connectivity index (χ3n) is 8.36. The Morgan fingerprint density at radius 3 is 2.22 bits per heavy atom. The zero-order chi connectivity index (χ0) is 38.5. The van der Waals surface area contributed by atoms with E-state index >= 15 is 0 Å². The number of hydrogen-bond acceptors (Lipinski definition) is 9. The molecule has 286 valence electrons.